The van der Waals surface area contributed by atoms with E-state index in [0.717, 1.165) is 0 Å². The highest BCUT2D eigenvalue weighted by Crippen LogP contribution is 2.52. The number of fused-ring (bicyclic) bond motifs is 1. The molecular formula is C25H28N2O4. The van der Waals surface area contributed by atoms with Gasteiger partial charge in [-0.05, 0) is 36.8 Å². The van der Waals surface area contributed by atoms with E-state index in [4.69, 9.17) is 4.74 Å². The van der Waals surface area contributed by atoms with Gasteiger partial charge >= 0.3 is 0 Å². The number of aromatic hydroxyl groups is 1. The van der Waals surface area contributed by atoms with E-state index in [2.05, 4.69) is 11.4 Å². The Hall–Kier alpha value is -2.88. The van der Waals surface area contributed by atoms with Gasteiger partial charge < -0.3 is 20.3 Å². The topological polar surface area (TPSA) is 103 Å². The zero-order chi connectivity index (χ0) is 22.0. The number of phenols is 1. The quantitative estimate of drug-likeness (QED) is 0.664. The van der Waals surface area contributed by atoms with Crippen LogP contribution in [-0.2, 0) is 16.8 Å². The Morgan fingerprint density at radius 1 is 1.26 bits per heavy atom. The second-order valence-corrected chi connectivity index (χ2v) is 8.72. The van der Waals surface area contributed by atoms with Gasteiger partial charge in [0.05, 0.1) is 24.8 Å². The molecule has 1 aliphatic heterocycles. The number of phenolic OH excluding ortho intramolecular Hbond substituents is 1. The Bertz CT molecular complexity index is 1000. The van der Waals surface area contributed by atoms with Crippen LogP contribution < -0.4 is 10.1 Å². The van der Waals surface area contributed by atoms with Crippen molar-refractivity contribution in [3.05, 3.63) is 59.7 Å². The molecule has 162 valence electrons. The average Bonchev–Trinajstić information content (AvgIpc) is 3.20. The molecule has 2 fully saturated rings. The molecule has 0 aromatic heterocycles. The maximum absolute atomic E-state index is 13.2. The molecule has 1 unspecified atom stereocenters. The van der Waals surface area contributed by atoms with E-state index in [-0.39, 0.29) is 35.7 Å². The summed E-state index contributed by atoms with van der Waals surface area (Å²) in [7, 11) is 1.58. The molecule has 1 saturated carbocycles. The van der Waals surface area contributed by atoms with Crippen molar-refractivity contribution in [1.29, 1.82) is 5.26 Å². The van der Waals surface area contributed by atoms with E-state index in [1.165, 1.54) is 0 Å². The summed E-state index contributed by atoms with van der Waals surface area (Å²) >= 11 is 0. The number of hydrogen-bond acceptors (Lipinski definition) is 6. The highest BCUT2D eigenvalue weighted by atomic mass is 16.5. The molecule has 6 heteroatoms. The fraction of sp³-hybridized carbons (Fsp3) is 0.440. The number of para-hydroxylation sites is 2. The number of hydrogen-bond donors (Lipinski definition) is 3. The second kappa shape index (κ2) is 8.70. The standard InChI is InChI=1S/C25H28N2O4/c1-31-23-9-5-3-7-19(23)25(30)14-16(10-11-26)12-18-20(25)15-27-24(18)22(29)13-17-6-2-4-8-21(17)28/h2-9,16,18,20,24,27-28,30H,10,12-15H2,1H3/t16-,18-,20-,24?,25-/m1/s1. The molecule has 0 bridgehead atoms. The number of nitriles is 1. The fourth-order valence-electron chi connectivity index (χ4n) is 5.58. The predicted molar refractivity (Wildman–Crippen MR) is 115 cm³/mol. The highest BCUT2D eigenvalue weighted by molar-refractivity contribution is 5.87. The lowest BCUT2D eigenvalue weighted by molar-refractivity contribution is -0.124. The first-order chi connectivity index (χ1) is 15.0. The fourth-order valence-corrected chi connectivity index (χ4v) is 5.58. The third kappa shape index (κ3) is 3.91. The maximum atomic E-state index is 13.2. The first-order valence-electron chi connectivity index (χ1n) is 10.7. The van der Waals surface area contributed by atoms with Crippen LogP contribution in [0.4, 0.5) is 0 Å². The Kier molecular flexibility index (Phi) is 5.99. The number of carbonyl (C=O) groups is 1. The van der Waals surface area contributed by atoms with Gasteiger partial charge in [0.1, 0.15) is 11.5 Å². The van der Waals surface area contributed by atoms with E-state index < -0.39 is 11.6 Å². The summed E-state index contributed by atoms with van der Waals surface area (Å²) in [5.74, 6) is 0.445. The van der Waals surface area contributed by atoms with E-state index in [1.807, 2.05) is 24.3 Å². The van der Waals surface area contributed by atoms with Crippen LogP contribution in [0.2, 0.25) is 0 Å². The molecule has 0 spiro atoms. The second-order valence-electron chi connectivity index (χ2n) is 8.72. The Balaban J connectivity index is 1.65. The minimum atomic E-state index is -1.19. The SMILES string of the molecule is COc1ccccc1[C@]1(O)C[C@H](CC#N)C[C@H]2C(C(=O)Cc3ccccc3O)NC[C@H]21. The van der Waals surface area contributed by atoms with Gasteiger partial charge in [-0.1, -0.05) is 36.4 Å². The minimum Gasteiger partial charge on any atom is -0.508 e. The number of ketones is 1. The number of nitrogens with one attached hydrogen (secondary N) is 1. The van der Waals surface area contributed by atoms with Gasteiger partial charge in [0, 0.05) is 36.4 Å². The number of Topliss-reactive ketones (excluding diaryl/α,β-unsaturated/α-hetero) is 1. The Morgan fingerprint density at radius 3 is 2.74 bits per heavy atom. The number of benzene rings is 2. The highest BCUT2D eigenvalue weighted by Gasteiger charge is 2.55. The zero-order valence-electron chi connectivity index (χ0n) is 17.6. The molecule has 2 aromatic rings. The molecule has 1 heterocycles. The normalized spacial score (nSPS) is 29.7. The summed E-state index contributed by atoms with van der Waals surface area (Å²) in [6.07, 6.45) is 1.63. The van der Waals surface area contributed by atoms with E-state index >= 15 is 0 Å². The van der Waals surface area contributed by atoms with Crippen LogP contribution >= 0.6 is 0 Å². The van der Waals surface area contributed by atoms with E-state index in [9.17, 15) is 20.3 Å². The number of carbonyl (C=O) groups excluding carboxylic acids is 1. The van der Waals surface area contributed by atoms with Gasteiger partial charge in [0.2, 0.25) is 0 Å². The van der Waals surface area contributed by atoms with Gasteiger partial charge in [0.25, 0.3) is 0 Å². The number of nitrogens with zero attached hydrogens (tertiary/aromatic N) is 1. The average molecular weight is 421 g/mol. The van der Waals surface area contributed by atoms with Crippen LogP contribution in [0, 0.1) is 29.1 Å². The molecule has 4 rings (SSSR count). The molecular weight excluding hydrogens is 392 g/mol. The van der Waals surface area contributed by atoms with Crippen LogP contribution in [0.3, 0.4) is 0 Å². The third-order valence-electron chi connectivity index (χ3n) is 6.98. The van der Waals surface area contributed by atoms with E-state index in [1.54, 1.807) is 31.4 Å². The van der Waals surface area contributed by atoms with Crippen LogP contribution in [0.1, 0.15) is 30.4 Å². The van der Waals surface area contributed by atoms with Gasteiger partial charge in [-0.3, -0.25) is 4.79 Å². The Labute approximate surface area is 182 Å². The molecule has 0 amide bonds. The molecule has 2 aliphatic rings. The van der Waals surface area contributed by atoms with Gasteiger partial charge in [-0.15, -0.1) is 0 Å². The predicted octanol–water partition coefficient (Wildman–Crippen LogP) is 2.93. The summed E-state index contributed by atoms with van der Waals surface area (Å²) in [4.78, 5) is 13.2. The first-order valence-corrected chi connectivity index (χ1v) is 10.7. The molecule has 3 N–H and O–H groups in total. The van der Waals surface area contributed by atoms with Crippen molar-refractivity contribution in [2.45, 2.75) is 37.3 Å². The molecule has 1 saturated heterocycles. The summed E-state index contributed by atoms with van der Waals surface area (Å²) in [6, 6.07) is 16.1. The van der Waals surface area contributed by atoms with Crippen molar-refractivity contribution >= 4 is 5.78 Å². The van der Waals surface area contributed by atoms with Crippen molar-refractivity contribution < 1.29 is 19.7 Å². The molecule has 1 aliphatic carbocycles. The number of methoxy groups -OCH3 is 1. The van der Waals surface area contributed by atoms with Crippen molar-refractivity contribution in [3.63, 3.8) is 0 Å². The number of rotatable bonds is 6. The molecule has 5 atom stereocenters. The lowest BCUT2D eigenvalue weighted by atomic mass is 9.61. The van der Waals surface area contributed by atoms with Gasteiger partial charge in [-0.25, -0.2) is 0 Å². The van der Waals surface area contributed by atoms with Crippen molar-refractivity contribution in [1.82, 2.24) is 5.32 Å². The summed E-state index contributed by atoms with van der Waals surface area (Å²) in [6.45, 7) is 0.510. The smallest absolute Gasteiger partial charge is 0.154 e. The van der Waals surface area contributed by atoms with Crippen LogP contribution in [0.5, 0.6) is 11.5 Å². The molecule has 0 radical (unpaired) electrons. The zero-order valence-corrected chi connectivity index (χ0v) is 17.6. The Morgan fingerprint density at radius 2 is 2.00 bits per heavy atom. The van der Waals surface area contributed by atoms with E-state index in [0.29, 0.717) is 42.7 Å². The van der Waals surface area contributed by atoms with Crippen molar-refractivity contribution in [2.75, 3.05) is 13.7 Å². The summed E-state index contributed by atoms with van der Waals surface area (Å²) < 4.78 is 5.53. The maximum Gasteiger partial charge on any atom is 0.154 e. The largest absolute Gasteiger partial charge is 0.508 e. The molecule has 6 nitrogen and oxygen atoms in total. The lowest BCUT2D eigenvalue weighted by Gasteiger charge is -2.46. The lowest BCUT2D eigenvalue weighted by Crippen LogP contribution is -2.48. The molecule has 2 aromatic carbocycles. The van der Waals surface area contributed by atoms with Crippen LogP contribution in [0.15, 0.2) is 48.5 Å². The number of aliphatic hydroxyl groups is 1. The monoisotopic (exact) mass is 420 g/mol. The van der Waals surface area contributed by atoms with Crippen molar-refractivity contribution in [2.24, 2.45) is 17.8 Å². The van der Waals surface area contributed by atoms with Crippen LogP contribution in [-0.4, -0.2) is 35.7 Å². The summed E-state index contributed by atoms with van der Waals surface area (Å²) in [5.41, 5.74) is 0.126. The number of ether oxygens (including phenoxy) is 1. The van der Waals surface area contributed by atoms with Gasteiger partial charge in [0.15, 0.2) is 5.78 Å². The first kappa shape index (κ1) is 21.4. The third-order valence-corrected chi connectivity index (χ3v) is 6.98. The van der Waals surface area contributed by atoms with Crippen molar-refractivity contribution in [3.8, 4) is 17.6 Å². The van der Waals surface area contributed by atoms with Gasteiger partial charge in [-0.2, -0.15) is 5.26 Å². The molecule has 31 heavy (non-hydrogen) atoms. The van der Waals surface area contributed by atoms with Crippen LogP contribution in [0.25, 0.3) is 0 Å². The summed E-state index contributed by atoms with van der Waals surface area (Å²) in [5, 5.41) is 34.7. The minimum absolute atomic E-state index is 0.00557.